The molecule has 0 spiro atoms. The SMILES string of the molecule is N#Cc1cccc(OCCSc2ccc3c(c2)CCC3)c1. The lowest BCUT2D eigenvalue weighted by Crippen LogP contribution is -2.00. The highest BCUT2D eigenvalue weighted by molar-refractivity contribution is 7.99. The predicted molar refractivity (Wildman–Crippen MR) is 85.8 cm³/mol. The van der Waals surface area contributed by atoms with E-state index >= 15 is 0 Å². The molecule has 3 heteroatoms. The minimum absolute atomic E-state index is 0.638. The van der Waals surface area contributed by atoms with Crippen molar-refractivity contribution < 1.29 is 4.74 Å². The number of nitriles is 1. The van der Waals surface area contributed by atoms with Crippen molar-refractivity contribution in [1.82, 2.24) is 0 Å². The fourth-order valence-corrected chi connectivity index (χ4v) is 3.40. The van der Waals surface area contributed by atoms with Crippen LogP contribution in [0.1, 0.15) is 23.1 Å². The molecule has 0 N–H and O–H groups in total. The minimum Gasteiger partial charge on any atom is -0.493 e. The summed E-state index contributed by atoms with van der Waals surface area (Å²) in [5, 5.41) is 8.85. The molecule has 0 saturated carbocycles. The molecule has 0 heterocycles. The summed E-state index contributed by atoms with van der Waals surface area (Å²) in [5.41, 5.74) is 3.67. The zero-order valence-electron chi connectivity index (χ0n) is 11.8. The summed E-state index contributed by atoms with van der Waals surface area (Å²) in [6.45, 7) is 0.649. The van der Waals surface area contributed by atoms with E-state index in [-0.39, 0.29) is 0 Å². The van der Waals surface area contributed by atoms with Crippen molar-refractivity contribution in [2.24, 2.45) is 0 Å². The molecule has 0 fully saturated rings. The molecular formula is C18H17NOS. The summed E-state index contributed by atoms with van der Waals surface area (Å²) in [7, 11) is 0. The second kappa shape index (κ2) is 6.69. The largest absolute Gasteiger partial charge is 0.493 e. The van der Waals surface area contributed by atoms with Crippen LogP contribution in [0.25, 0.3) is 0 Å². The van der Waals surface area contributed by atoms with Gasteiger partial charge in [0, 0.05) is 10.6 Å². The number of nitrogens with zero attached hydrogens (tertiary/aromatic N) is 1. The summed E-state index contributed by atoms with van der Waals surface area (Å²) in [6, 6.07) is 16.2. The van der Waals surface area contributed by atoms with Gasteiger partial charge in [0.2, 0.25) is 0 Å². The number of aryl methyl sites for hydroxylation is 2. The second-order valence-corrected chi connectivity index (χ2v) is 6.29. The Morgan fingerprint density at radius 3 is 2.90 bits per heavy atom. The third-order valence-corrected chi connectivity index (χ3v) is 4.61. The molecule has 3 rings (SSSR count). The fourth-order valence-electron chi connectivity index (χ4n) is 2.61. The molecule has 0 radical (unpaired) electrons. The Balaban J connectivity index is 1.49. The van der Waals surface area contributed by atoms with Gasteiger partial charge in [-0.25, -0.2) is 0 Å². The molecular weight excluding hydrogens is 278 g/mol. The van der Waals surface area contributed by atoms with Gasteiger partial charge in [0.15, 0.2) is 0 Å². The third kappa shape index (κ3) is 3.59. The molecule has 0 amide bonds. The van der Waals surface area contributed by atoms with E-state index < -0.39 is 0 Å². The molecule has 2 nitrogen and oxygen atoms in total. The average Bonchev–Trinajstić information content (AvgIpc) is 2.99. The number of rotatable bonds is 5. The van der Waals surface area contributed by atoms with Crippen LogP contribution in [0.2, 0.25) is 0 Å². The zero-order valence-corrected chi connectivity index (χ0v) is 12.7. The van der Waals surface area contributed by atoms with Crippen molar-refractivity contribution in [1.29, 1.82) is 5.26 Å². The van der Waals surface area contributed by atoms with Crippen LogP contribution >= 0.6 is 11.8 Å². The van der Waals surface area contributed by atoms with E-state index in [1.807, 2.05) is 23.9 Å². The maximum absolute atomic E-state index is 8.85. The first-order valence-corrected chi connectivity index (χ1v) is 8.21. The molecule has 21 heavy (non-hydrogen) atoms. The number of benzene rings is 2. The number of fused-ring (bicyclic) bond motifs is 1. The van der Waals surface area contributed by atoms with Crippen LogP contribution in [-0.2, 0) is 12.8 Å². The minimum atomic E-state index is 0.638. The van der Waals surface area contributed by atoms with E-state index in [0.29, 0.717) is 12.2 Å². The van der Waals surface area contributed by atoms with Crippen LogP contribution in [-0.4, -0.2) is 12.4 Å². The summed E-state index contributed by atoms with van der Waals surface area (Å²) in [4.78, 5) is 1.32. The van der Waals surface area contributed by atoms with Crippen LogP contribution in [0.3, 0.4) is 0 Å². The van der Waals surface area contributed by atoms with Gasteiger partial charge in [-0.05, 0) is 60.7 Å². The Morgan fingerprint density at radius 2 is 2.00 bits per heavy atom. The van der Waals surface area contributed by atoms with Gasteiger partial charge in [-0.1, -0.05) is 12.1 Å². The van der Waals surface area contributed by atoms with Crippen molar-refractivity contribution in [3.8, 4) is 11.8 Å². The summed E-state index contributed by atoms with van der Waals surface area (Å²) < 4.78 is 5.69. The number of hydrogen-bond donors (Lipinski definition) is 0. The lowest BCUT2D eigenvalue weighted by atomic mass is 10.1. The van der Waals surface area contributed by atoms with Gasteiger partial charge in [-0.15, -0.1) is 11.8 Å². The van der Waals surface area contributed by atoms with Crippen LogP contribution < -0.4 is 4.74 Å². The summed E-state index contributed by atoms with van der Waals surface area (Å²) >= 11 is 1.83. The highest BCUT2D eigenvalue weighted by Gasteiger charge is 2.10. The number of ether oxygens (including phenoxy) is 1. The Morgan fingerprint density at radius 1 is 1.10 bits per heavy atom. The van der Waals surface area contributed by atoms with Crippen molar-refractivity contribution in [2.45, 2.75) is 24.2 Å². The number of hydrogen-bond acceptors (Lipinski definition) is 3. The molecule has 0 saturated heterocycles. The Labute approximate surface area is 129 Å². The lowest BCUT2D eigenvalue weighted by molar-refractivity contribution is 0.344. The van der Waals surface area contributed by atoms with E-state index in [2.05, 4.69) is 24.3 Å². The highest BCUT2D eigenvalue weighted by atomic mass is 32.2. The van der Waals surface area contributed by atoms with E-state index in [9.17, 15) is 0 Å². The Bertz CT molecular complexity index is 675. The van der Waals surface area contributed by atoms with E-state index in [0.717, 1.165) is 11.5 Å². The van der Waals surface area contributed by atoms with Gasteiger partial charge in [-0.3, -0.25) is 0 Å². The number of thioether (sulfide) groups is 1. The van der Waals surface area contributed by atoms with Crippen LogP contribution in [0.5, 0.6) is 5.75 Å². The molecule has 0 aliphatic heterocycles. The van der Waals surface area contributed by atoms with Gasteiger partial charge in [0.1, 0.15) is 5.75 Å². The molecule has 0 atom stereocenters. The van der Waals surface area contributed by atoms with E-state index in [1.165, 1.54) is 35.3 Å². The van der Waals surface area contributed by atoms with Gasteiger partial charge in [0.25, 0.3) is 0 Å². The summed E-state index contributed by atoms with van der Waals surface area (Å²) in [5.74, 6) is 1.68. The fraction of sp³-hybridized carbons (Fsp3) is 0.278. The maximum atomic E-state index is 8.85. The molecule has 106 valence electrons. The standard InChI is InChI=1S/C18H17NOS/c19-13-14-3-1-6-17(11-14)20-9-10-21-18-8-7-15-4-2-5-16(15)12-18/h1,3,6-8,11-12H,2,4-5,9-10H2. The second-order valence-electron chi connectivity index (χ2n) is 5.12. The van der Waals surface area contributed by atoms with Gasteiger partial charge >= 0.3 is 0 Å². The molecule has 2 aromatic rings. The first-order valence-electron chi connectivity index (χ1n) is 7.23. The third-order valence-electron chi connectivity index (χ3n) is 3.65. The van der Waals surface area contributed by atoms with Crippen LogP contribution in [0.4, 0.5) is 0 Å². The smallest absolute Gasteiger partial charge is 0.120 e. The van der Waals surface area contributed by atoms with Gasteiger partial charge < -0.3 is 4.74 Å². The summed E-state index contributed by atoms with van der Waals surface area (Å²) in [6.07, 6.45) is 3.75. The van der Waals surface area contributed by atoms with E-state index in [4.69, 9.17) is 10.00 Å². The quantitative estimate of drug-likeness (QED) is 0.611. The van der Waals surface area contributed by atoms with Crippen LogP contribution in [0.15, 0.2) is 47.4 Å². The maximum Gasteiger partial charge on any atom is 0.120 e. The zero-order chi connectivity index (χ0) is 14.5. The topological polar surface area (TPSA) is 33.0 Å². The molecule has 1 aliphatic carbocycles. The molecule has 0 unspecified atom stereocenters. The average molecular weight is 295 g/mol. The Hall–Kier alpha value is -1.92. The van der Waals surface area contributed by atoms with Crippen molar-refractivity contribution >= 4 is 11.8 Å². The van der Waals surface area contributed by atoms with Crippen molar-refractivity contribution in [3.63, 3.8) is 0 Å². The van der Waals surface area contributed by atoms with Crippen molar-refractivity contribution in [2.75, 3.05) is 12.4 Å². The predicted octanol–water partition coefficient (Wildman–Crippen LogP) is 4.22. The molecule has 0 aromatic heterocycles. The van der Waals surface area contributed by atoms with Crippen LogP contribution in [0, 0.1) is 11.3 Å². The van der Waals surface area contributed by atoms with Gasteiger partial charge in [-0.2, -0.15) is 5.26 Å². The molecule has 2 aromatic carbocycles. The monoisotopic (exact) mass is 295 g/mol. The Kier molecular flexibility index (Phi) is 4.47. The van der Waals surface area contributed by atoms with E-state index in [1.54, 1.807) is 12.1 Å². The first-order chi connectivity index (χ1) is 10.3. The molecule has 0 bridgehead atoms. The lowest BCUT2D eigenvalue weighted by Gasteiger charge is -2.07. The van der Waals surface area contributed by atoms with Crippen molar-refractivity contribution in [3.05, 3.63) is 59.2 Å². The molecule has 1 aliphatic rings. The normalized spacial score (nSPS) is 12.7. The highest BCUT2D eigenvalue weighted by Crippen LogP contribution is 2.27. The van der Waals surface area contributed by atoms with Gasteiger partial charge in [0.05, 0.1) is 18.2 Å². The first kappa shape index (κ1) is 14.0.